The third kappa shape index (κ3) is 2.74. The molecular weight excluding hydrogens is 340 g/mol. The van der Waals surface area contributed by atoms with E-state index < -0.39 is 0 Å². The van der Waals surface area contributed by atoms with E-state index in [0.717, 1.165) is 33.3 Å². The first kappa shape index (κ1) is 16.6. The number of aryl methyl sites for hydroxylation is 2. The van der Waals surface area contributed by atoms with Crippen LogP contribution in [0.4, 0.5) is 0 Å². The van der Waals surface area contributed by atoms with E-state index in [1.165, 1.54) is 21.9 Å². The molecule has 5 rings (SSSR count). The van der Waals surface area contributed by atoms with Gasteiger partial charge in [-0.15, -0.1) is 10.2 Å². The minimum Gasteiger partial charge on any atom is -0.149 e. The molecule has 1 aromatic heterocycles. The zero-order chi connectivity index (χ0) is 19.1. The summed E-state index contributed by atoms with van der Waals surface area (Å²) in [4.78, 5) is 0. The molecule has 0 amide bonds. The lowest BCUT2D eigenvalue weighted by Crippen LogP contribution is -1.96. The molecule has 0 aliphatic rings. The third-order valence-corrected chi connectivity index (χ3v) is 5.32. The fraction of sp³-hybridized carbons (Fsp3) is 0.0769. The van der Waals surface area contributed by atoms with Gasteiger partial charge >= 0.3 is 0 Å². The van der Waals surface area contributed by atoms with Crippen LogP contribution >= 0.6 is 0 Å². The van der Waals surface area contributed by atoms with Gasteiger partial charge < -0.3 is 0 Å². The van der Waals surface area contributed by atoms with Crippen LogP contribution in [0.15, 0.2) is 84.9 Å². The number of rotatable bonds is 2. The van der Waals surface area contributed by atoms with Gasteiger partial charge in [0.2, 0.25) is 0 Å². The lowest BCUT2D eigenvalue weighted by atomic mass is 9.95. The van der Waals surface area contributed by atoms with Crippen LogP contribution in [0, 0.1) is 13.8 Å². The van der Waals surface area contributed by atoms with E-state index in [9.17, 15) is 0 Å². The van der Waals surface area contributed by atoms with Crippen LogP contribution in [0.1, 0.15) is 11.1 Å². The highest BCUT2D eigenvalue weighted by Gasteiger charge is 2.15. The summed E-state index contributed by atoms with van der Waals surface area (Å²) in [7, 11) is 0. The first-order chi connectivity index (χ1) is 13.7. The minimum atomic E-state index is 0.927. The van der Waals surface area contributed by atoms with Gasteiger partial charge in [-0.25, -0.2) is 0 Å². The molecule has 4 aromatic carbocycles. The fourth-order valence-electron chi connectivity index (χ4n) is 3.77. The average Bonchev–Trinajstić information content (AvgIpc) is 2.74. The second-order valence-electron chi connectivity index (χ2n) is 7.34. The van der Waals surface area contributed by atoms with Crippen LogP contribution in [-0.4, -0.2) is 10.2 Å². The number of aromatic nitrogens is 2. The Balaban J connectivity index is 1.88. The van der Waals surface area contributed by atoms with Gasteiger partial charge in [-0.2, -0.15) is 0 Å². The highest BCUT2D eigenvalue weighted by atomic mass is 15.1. The van der Waals surface area contributed by atoms with E-state index in [1.807, 2.05) is 0 Å². The van der Waals surface area contributed by atoms with Crippen molar-refractivity contribution in [2.45, 2.75) is 13.8 Å². The molecule has 0 fully saturated rings. The Hall–Kier alpha value is -3.52. The topological polar surface area (TPSA) is 25.8 Å². The SMILES string of the molecule is Cc1ccc(-c2nnc(-c3ccc(C)cc3)c3c2ccc2ccccc23)cc1. The van der Waals surface area contributed by atoms with E-state index >= 15 is 0 Å². The van der Waals surface area contributed by atoms with Gasteiger partial charge in [0.15, 0.2) is 0 Å². The molecule has 134 valence electrons. The van der Waals surface area contributed by atoms with Crippen molar-refractivity contribution in [3.8, 4) is 22.5 Å². The molecule has 0 saturated heterocycles. The van der Waals surface area contributed by atoms with Crippen LogP contribution in [0.3, 0.4) is 0 Å². The Labute approximate surface area is 164 Å². The normalized spacial score (nSPS) is 11.2. The molecule has 2 heteroatoms. The average molecular weight is 360 g/mol. The Bertz CT molecular complexity index is 1300. The molecule has 0 aliphatic heterocycles. The van der Waals surface area contributed by atoms with Crippen LogP contribution in [0.2, 0.25) is 0 Å². The van der Waals surface area contributed by atoms with Crippen LogP contribution in [-0.2, 0) is 0 Å². The van der Waals surface area contributed by atoms with E-state index in [0.29, 0.717) is 0 Å². The van der Waals surface area contributed by atoms with E-state index in [1.54, 1.807) is 0 Å². The molecule has 0 aliphatic carbocycles. The second kappa shape index (κ2) is 6.58. The van der Waals surface area contributed by atoms with Crippen LogP contribution < -0.4 is 0 Å². The number of benzene rings is 4. The smallest absolute Gasteiger partial charge is 0.101 e. The summed E-state index contributed by atoms with van der Waals surface area (Å²) in [5, 5.41) is 14.1. The molecule has 28 heavy (non-hydrogen) atoms. The molecule has 0 radical (unpaired) electrons. The van der Waals surface area contributed by atoms with Crippen molar-refractivity contribution < 1.29 is 0 Å². The van der Waals surface area contributed by atoms with Crippen molar-refractivity contribution in [1.29, 1.82) is 0 Å². The first-order valence-corrected chi connectivity index (χ1v) is 9.53. The molecular formula is C26H20N2. The summed E-state index contributed by atoms with van der Waals surface area (Å²) in [6, 6.07) is 29.9. The summed E-state index contributed by atoms with van der Waals surface area (Å²) in [6.07, 6.45) is 0. The van der Waals surface area contributed by atoms with Crippen molar-refractivity contribution >= 4 is 21.5 Å². The Kier molecular flexibility index (Phi) is 3.91. The zero-order valence-electron chi connectivity index (χ0n) is 16.0. The summed E-state index contributed by atoms with van der Waals surface area (Å²) in [5.74, 6) is 0. The third-order valence-electron chi connectivity index (χ3n) is 5.32. The lowest BCUT2D eigenvalue weighted by Gasteiger charge is -2.13. The fourth-order valence-corrected chi connectivity index (χ4v) is 3.77. The zero-order valence-corrected chi connectivity index (χ0v) is 16.0. The monoisotopic (exact) mass is 360 g/mol. The predicted octanol–water partition coefficient (Wildman–Crippen LogP) is 6.73. The number of fused-ring (bicyclic) bond motifs is 3. The van der Waals surface area contributed by atoms with Gasteiger partial charge in [-0.1, -0.05) is 96.1 Å². The van der Waals surface area contributed by atoms with Crippen molar-refractivity contribution in [1.82, 2.24) is 10.2 Å². The van der Waals surface area contributed by atoms with Gasteiger partial charge in [0.25, 0.3) is 0 Å². The van der Waals surface area contributed by atoms with Gasteiger partial charge in [0.1, 0.15) is 11.4 Å². The van der Waals surface area contributed by atoms with E-state index in [-0.39, 0.29) is 0 Å². The number of hydrogen-bond donors (Lipinski definition) is 0. The molecule has 0 saturated carbocycles. The van der Waals surface area contributed by atoms with Gasteiger partial charge in [-0.05, 0) is 24.6 Å². The molecule has 5 aromatic rings. The highest BCUT2D eigenvalue weighted by molar-refractivity contribution is 6.16. The maximum absolute atomic E-state index is 4.71. The Morgan fingerprint density at radius 2 is 1.07 bits per heavy atom. The Morgan fingerprint density at radius 1 is 0.500 bits per heavy atom. The summed E-state index contributed by atoms with van der Waals surface area (Å²) < 4.78 is 0. The lowest BCUT2D eigenvalue weighted by molar-refractivity contribution is 1.06. The van der Waals surface area contributed by atoms with Crippen molar-refractivity contribution in [3.05, 3.63) is 96.1 Å². The van der Waals surface area contributed by atoms with Crippen LogP contribution in [0.5, 0.6) is 0 Å². The van der Waals surface area contributed by atoms with Crippen molar-refractivity contribution in [3.63, 3.8) is 0 Å². The summed E-state index contributed by atoms with van der Waals surface area (Å²) in [6.45, 7) is 4.20. The van der Waals surface area contributed by atoms with Gasteiger partial charge in [0, 0.05) is 21.9 Å². The standard InChI is InChI=1S/C26H20N2/c1-17-7-11-20(12-8-17)25-23-16-15-19-5-3-4-6-22(19)24(23)26(28-27-25)21-13-9-18(2)10-14-21/h3-16H,1-2H3. The highest BCUT2D eigenvalue weighted by Crippen LogP contribution is 2.37. The summed E-state index contributed by atoms with van der Waals surface area (Å²) in [5.41, 5.74) is 6.52. The maximum Gasteiger partial charge on any atom is 0.101 e. The molecule has 0 bridgehead atoms. The van der Waals surface area contributed by atoms with E-state index in [2.05, 4.69) is 104 Å². The molecule has 0 atom stereocenters. The second-order valence-corrected chi connectivity index (χ2v) is 7.34. The predicted molar refractivity (Wildman–Crippen MR) is 117 cm³/mol. The van der Waals surface area contributed by atoms with Gasteiger partial charge in [0.05, 0.1) is 0 Å². The van der Waals surface area contributed by atoms with Crippen molar-refractivity contribution in [2.75, 3.05) is 0 Å². The summed E-state index contributed by atoms with van der Waals surface area (Å²) >= 11 is 0. The first-order valence-electron chi connectivity index (χ1n) is 9.53. The van der Waals surface area contributed by atoms with Gasteiger partial charge in [-0.3, -0.25) is 0 Å². The molecule has 0 spiro atoms. The Morgan fingerprint density at radius 3 is 1.75 bits per heavy atom. The number of nitrogens with zero attached hydrogens (tertiary/aromatic N) is 2. The van der Waals surface area contributed by atoms with E-state index in [4.69, 9.17) is 5.10 Å². The van der Waals surface area contributed by atoms with Crippen LogP contribution in [0.25, 0.3) is 44.1 Å². The quantitative estimate of drug-likeness (QED) is 0.326. The number of hydrogen-bond acceptors (Lipinski definition) is 2. The molecule has 2 nitrogen and oxygen atoms in total. The van der Waals surface area contributed by atoms with Crippen molar-refractivity contribution in [2.24, 2.45) is 0 Å². The molecule has 0 unspecified atom stereocenters. The largest absolute Gasteiger partial charge is 0.149 e. The maximum atomic E-state index is 4.71. The minimum absolute atomic E-state index is 0.927. The molecule has 1 heterocycles. The molecule has 0 N–H and O–H groups in total.